The Hall–Kier alpha value is -0.570. The average molecular weight is 198 g/mol. The fraction of sp³-hybridized carbons (Fsp3) is 0.909. The molecule has 0 bridgehead atoms. The molecule has 0 saturated heterocycles. The summed E-state index contributed by atoms with van der Waals surface area (Å²) >= 11 is 0. The molecule has 82 valence electrons. The van der Waals surface area contributed by atoms with Gasteiger partial charge in [-0.2, -0.15) is 0 Å². The normalized spacial score (nSPS) is 19.1. The van der Waals surface area contributed by atoms with Crippen molar-refractivity contribution in [3.05, 3.63) is 0 Å². The number of amides is 1. The molecule has 0 aromatic carbocycles. The second-order valence-electron chi connectivity index (χ2n) is 4.94. The van der Waals surface area contributed by atoms with E-state index in [9.17, 15) is 4.79 Å². The van der Waals surface area contributed by atoms with Gasteiger partial charge in [-0.05, 0) is 39.7 Å². The molecule has 1 saturated carbocycles. The van der Waals surface area contributed by atoms with E-state index in [-0.39, 0.29) is 17.4 Å². The number of rotatable bonds is 5. The maximum atomic E-state index is 11.7. The van der Waals surface area contributed by atoms with Crippen molar-refractivity contribution in [3.8, 4) is 0 Å². The lowest BCUT2D eigenvalue weighted by Crippen LogP contribution is -2.48. The molecular weight excluding hydrogens is 176 g/mol. The predicted octanol–water partition coefficient (Wildman–Crippen LogP) is 1.15. The smallest absolute Gasteiger partial charge is 0.224 e. The summed E-state index contributed by atoms with van der Waals surface area (Å²) in [6, 6.07) is 0. The Morgan fingerprint density at radius 3 is 2.50 bits per heavy atom. The van der Waals surface area contributed by atoms with Crippen LogP contribution in [-0.4, -0.2) is 25.0 Å². The molecule has 0 spiro atoms. The van der Waals surface area contributed by atoms with Crippen molar-refractivity contribution >= 4 is 5.91 Å². The van der Waals surface area contributed by atoms with Gasteiger partial charge in [0, 0.05) is 18.0 Å². The monoisotopic (exact) mass is 198 g/mol. The van der Waals surface area contributed by atoms with E-state index in [0.29, 0.717) is 5.92 Å². The lowest BCUT2D eigenvalue weighted by Gasteiger charge is -2.27. The van der Waals surface area contributed by atoms with Crippen molar-refractivity contribution < 1.29 is 4.79 Å². The van der Waals surface area contributed by atoms with Crippen LogP contribution in [0.4, 0.5) is 0 Å². The second kappa shape index (κ2) is 4.30. The summed E-state index contributed by atoms with van der Waals surface area (Å²) in [5.74, 6) is 0.905. The first-order chi connectivity index (χ1) is 6.47. The van der Waals surface area contributed by atoms with Crippen LogP contribution in [-0.2, 0) is 4.79 Å². The minimum Gasteiger partial charge on any atom is -0.351 e. The molecule has 1 unspecified atom stereocenters. The molecule has 2 N–H and O–H groups in total. The van der Waals surface area contributed by atoms with Crippen molar-refractivity contribution in [2.24, 2.45) is 11.8 Å². The van der Waals surface area contributed by atoms with Crippen molar-refractivity contribution in [2.45, 2.75) is 39.2 Å². The van der Waals surface area contributed by atoms with E-state index in [2.05, 4.69) is 24.5 Å². The third kappa shape index (κ3) is 2.98. The van der Waals surface area contributed by atoms with Crippen LogP contribution in [0.3, 0.4) is 0 Å². The van der Waals surface area contributed by atoms with E-state index in [0.717, 1.165) is 6.54 Å². The zero-order valence-corrected chi connectivity index (χ0v) is 9.68. The van der Waals surface area contributed by atoms with Crippen LogP contribution in [0, 0.1) is 11.8 Å². The van der Waals surface area contributed by atoms with Gasteiger partial charge in [-0.25, -0.2) is 0 Å². The molecule has 1 atom stereocenters. The molecule has 1 aliphatic rings. The van der Waals surface area contributed by atoms with Gasteiger partial charge in [0.25, 0.3) is 0 Å². The summed E-state index contributed by atoms with van der Waals surface area (Å²) in [4.78, 5) is 11.7. The van der Waals surface area contributed by atoms with Gasteiger partial charge in [0.2, 0.25) is 5.91 Å². The Balaban J connectivity index is 2.38. The Labute approximate surface area is 86.6 Å². The van der Waals surface area contributed by atoms with Crippen molar-refractivity contribution in [3.63, 3.8) is 0 Å². The number of carbonyl (C=O) groups is 1. The van der Waals surface area contributed by atoms with Crippen LogP contribution >= 0.6 is 0 Å². The van der Waals surface area contributed by atoms with Gasteiger partial charge in [0.15, 0.2) is 0 Å². The van der Waals surface area contributed by atoms with E-state index in [1.807, 2.05) is 14.0 Å². The van der Waals surface area contributed by atoms with Crippen molar-refractivity contribution in [1.29, 1.82) is 0 Å². The highest BCUT2D eigenvalue weighted by molar-refractivity contribution is 5.79. The summed E-state index contributed by atoms with van der Waals surface area (Å²) in [5, 5.41) is 6.14. The van der Waals surface area contributed by atoms with Crippen LogP contribution < -0.4 is 10.6 Å². The SMILES string of the molecule is CNCC(C)C(=O)NC(C)(C)C1CC1. The van der Waals surface area contributed by atoms with Crippen LogP contribution in [0.2, 0.25) is 0 Å². The third-order valence-electron chi connectivity index (χ3n) is 3.00. The number of carbonyl (C=O) groups excluding carboxylic acids is 1. The Morgan fingerprint density at radius 2 is 2.07 bits per heavy atom. The van der Waals surface area contributed by atoms with E-state index < -0.39 is 0 Å². The topological polar surface area (TPSA) is 41.1 Å². The molecule has 3 nitrogen and oxygen atoms in total. The summed E-state index contributed by atoms with van der Waals surface area (Å²) < 4.78 is 0. The maximum Gasteiger partial charge on any atom is 0.224 e. The Kier molecular flexibility index (Phi) is 3.53. The van der Waals surface area contributed by atoms with Crippen LogP contribution in [0.1, 0.15) is 33.6 Å². The largest absolute Gasteiger partial charge is 0.351 e. The third-order valence-corrected chi connectivity index (χ3v) is 3.00. The first-order valence-electron chi connectivity index (χ1n) is 5.44. The van der Waals surface area contributed by atoms with Crippen LogP contribution in [0.15, 0.2) is 0 Å². The highest BCUT2D eigenvalue weighted by Crippen LogP contribution is 2.39. The number of hydrogen-bond donors (Lipinski definition) is 2. The molecule has 0 radical (unpaired) electrons. The minimum absolute atomic E-state index is 0.0148. The molecule has 0 heterocycles. The number of hydrogen-bond acceptors (Lipinski definition) is 2. The lowest BCUT2D eigenvalue weighted by molar-refractivity contribution is -0.126. The standard InChI is InChI=1S/C11H22N2O/c1-8(7-12-4)10(14)13-11(2,3)9-5-6-9/h8-9,12H,5-7H2,1-4H3,(H,13,14). The average Bonchev–Trinajstić information content (AvgIpc) is 2.85. The lowest BCUT2D eigenvalue weighted by atomic mass is 9.97. The van der Waals surface area contributed by atoms with Crippen molar-refractivity contribution in [2.75, 3.05) is 13.6 Å². The molecular formula is C11H22N2O. The second-order valence-corrected chi connectivity index (χ2v) is 4.94. The fourth-order valence-electron chi connectivity index (χ4n) is 1.75. The summed E-state index contributed by atoms with van der Waals surface area (Å²) in [7, 11) is 1.87. The molecule has 0 aromatic rings. The van der Waals surface area contributed by atoms with Gasteiger partial charge in [0.1, 0.15) is 0 Å². The summed E-state index contributed by atoms with van der Waals surface area (Å²) in [5.41, 5.74) is -0.0148. The van der Waals surface area contributed by atoms with Gasteiger partial charge < -0.3 is 10.6 Å². The van der Waals surface area contributed by atoms with Gasteiger partial charge in [-0.3, -0.25) is 4.79 Å². The quantitative estimate of drug-likeness (QED) is 0.695. The molecule has 0 aromatic heterocycles. The molecule has 1 rings (SSSR count). The molecule has 1 aliphatic carbocycles. The molecule has 0 aliphatic heterocycles. The maximum absolute atomic E-state index is 11.7. The van der Waals surface area contributed by atoms with Gasteiger partial charge >= 0.3 is 0 Å². The van der Waals surface area contributed by atoms with Crippen LogP contribution in [0.25, 0.3) is 0 Å². The van der Waals surface area contributed by atoms with Gasteiger partial charge in [0.05, 0.1) is 0 Å². The predicted molar refractivity (Wildman–Crippen MR) is 58.0 cm³/mol. The van der Waals surface area contributed by atoms with Crippen LogP contribution in [0.5, 0.6) is 0 Å². The highest BCUT2D eigenvalue weighted by Gasteiger charge is 2.39. The Morgan fingerprint density at radius 1 is 1.50 bits per heavy atom. The first kappa shape index (κ1) is 11.5. The van der Waals surface area contributed by atoms with Gasteiger partial charge in [-0.15, -0.1) is 0 Å². The minimum atomic E-state index is -0.0148. The van der Waals surface area contributed by atoms with E-state index >= 15 is 0 Å². The zero-order valence-electron chi connectivity index (χ0n) is 9.68. The van der Waals surface area contributed by atoms with E-state index in [4.69, 9.17) is 0 Å². The Bertz CT molecular complexity index is 209. The van der Waals surface area contributed by atoms with Gasteiger partial charge in [-0.1, -0.05) is 6.92 Å². The zero-order chi connectivity index (χ0) is 10.8. The summed E-state index contributed by atoms with van der Waals surface area (Å²) in [6.45, 7) is 6.94. The fourth-order valence-corrected chi connectivity index (χ4v) is 1.75. The van der Waals surface area contributed by atoms with E-state index in [1.165, 1.54) is 12.8 Å². The first-order valence-corrected chi connectivity index (χ1v) is 5.44. The number of nitrogens with one attached hydrogen (secondary N) is 2. The molecule has 3 heteroatoms. The van der Waals surface area contributed by atoms with Crippen molar-refractivity contribution in [1.82, 2.24) is 10.6 Å². The molecule has 14 heavy (non-hydrogen) atoms. The molecule has 1 amide bonds. The summed E-state index contributed by atoms with van der Waals surface area (Å²) in [6.07, 6.45) is 2.52. The molecule has 1 fully saturated rings. The highest BCUT2D eigenvalue weighted by atomic mass is 16.2. The van der Waals surface area contributed by atoms with E-state index in [1.54, 1.807) is 0 Å².